The molecule has 0 unspecified atom stereocenters. The van der Waals surface area contributed by atoms with Crippen LogP contribution in [-0.4, -0.2) is 55.2 Å². The average molecular weight is 472 g/mol. The van der Waals surface area contributed by atoms with Gasteiger partial charge in [-0.2, -0.15) is 4.31 Å². The minimum Gasteiger partial charge on any atom is -0.325 e. The molecule has 1 heterocycles. The number of hydrogen-bond donors (Lipinski definition) is 1. The molecule has 1 saturated heterocycles. The zero-order chi connectivity index (χ0) is 24.2. The number of piperidine rings is 1. The normalized spacial score (nSPS) is 16.0. The van der Waals surface area contributed by atoms with Crippen LogP contribution in [-0.2, 0) is 14.8 Å². The molecule has 0 spiro atoms. The van der Waals surface area contributed by atoms with Gasteiger partial charge in [0.1, 0.15) is 0 Å². The Morgan fingerprint density at radius 1 is 1.06 bits per heavy atom. The predicted octanol–water partition coefficient (Wildman–Crippen LogP) is 4.62. The van der Waals surface area contributed by atoms with Crippen LogP contribution in [0.15, 0.2) is 53.4 Å². The highest BCUT2D eigenvalue weighted by Crippen LogP contribution is 2.27. The van der Waals surface area contributed by atoms with Crippen molar-refractivity contribution in [3.05, 3.63) is 59.7 Å². The van der Waals surface area contributed by atoms with E-state index in [4.69, 9.17) is 0 Å². The van der Waals surface area contributed by atoms with Crippen molar-refractivity contribution in [2.45, 2.75) is 70.4 Å². The van der Waals surface area contributed by atoms with Gasteiger partial charge in [-0.05, 0) is 74.9 Å². The molecule has 2 aromatic carbocycles. The van der Waals surface area contributed by atoms with Crippen LogP contribution in [0, 0.1) is 6.92 Å². The van der Waals surface area contributed by atoms with E-state index in [0.717, 1.165) is 11.3 Å². The largest absolute Gasteiger partial charge is 0.325 e. The first-order valence-electron chi connectivity index (χ1n) is 11.8. The van der Waals surface area contributed by atoms with E-state index in [9.17, 15) is 13.2 Å². The first kappa shape index (κ1) is 25.4. The maximum absolute atomic E-state index is 13.4. The van der Waals surface area contributed by atoms with E-state index in [1.807, 2.05) is 51.1 Å². The van der Waals surface area contributed by atoms with E-state index < -0.39 is 10.0 Å². The number of carbonyl (C=O) groups is 1. The Kier molecular flexibility index (Phi) is 8.32. The van der Waals surface area contributed by atoms with Crippen LogP contribution in [0.3, 0.4) is 0 Å². The number of carbonyl (C=O) groups excluding carboxylic acids is 1. The summed E-state index contributed by atoms with van der Waals surface area (Å²) in [7, 11) is -3.58. The van der Waals surface area contributed by atoms with Crippen LogP contribution in [0.25, 0.3) is 0 Å². The summed E-state index contributed by atoms with van der Waals surface area (Å²) in [4.78, 5) is 15.0. The molecule has 33 heavy (non-hydrogen) atoms. The molecule has 1 amide bonds. The number of hydrogen-bond acceptors (Lipinski definition) is 4. The Hall–Kier alpha value is -2.22. The standard InChI is InChI=1S/C26H37N3O3S/c1-19(2)22-9-11-23(12-10-22)27-26(30)18-28-15-13-24(14-16-28)29(20(3)4)33(31,32)25-8-6-7-21(5)17-25/h6-12,17,19-20,24H,13-16,18H2,1-5H3,(H,27,30). The summed E-state index contributed by atoms with van der Waals surface area (Å²) in [5, 5.41) is 2.97. The number of sulfonamides is 1. The fourth-order valence-electron chi connectivity index (χ4n) is 4.48. The fraction of sp³-hybridized carbons (Fsp3) is 0.500. The summed E-state index contributed by atoms with van der Waals surface area (Å²) < 4.78 is 28.5. The van der Waals surface area contributed by atoms with E-state index in [-0.39, 0.29) is 18.0 Å². The SMILES string of the molecule is Cc1cccc(S(=O)(=O)N(C(C)C)C2CCN(CC(=O)Nc3ccc(C(C)C)cc3)CC2)c1. The summed E-state index contributed by atoms with van der Waals surface area (Å²) in [5.41, 5.74) is 2.97. The lowest BCUT2D eigenvalue weighted by Crippen LogP contribution is -2.51. The van der Waals surface area contributed by atoms with Gasteiger partial charge in [-0.3, -0.25) is 9.69 Å². The van der Waals surface area contributed by atoms with E-state index in [0.29, 0.717) is 43.3 Å². The van der Waals surface area contributed by atoms with Crippen molar-refractivity contribution in [1.29, 1.82) is 0 Å². The Morgan fingerprint density at radius 3 is 2.24 bits per heavy atom. The maximum Gasteiger partial charge on any atom is 0.243 e. The third kappa shape index (κ3) is 6.43. The number of aryl methyl sites for hydroxylation is 1. The molecule has 0 saturated carbocycles. The average Bonchev–Trinajstić information content (AvgIpc) is 2.75. The van der Waals surface area contributed by atoms with Crippen molar-refractivity contribution >= 4 is 21.6 Å². The van der Waals surface area contributed by atoms with Gasteiger partial charge in [0.15, 0.2) is 0 Å². The number of nitrogens with one attached hydrogen (secondary N) is 1. The van der Waals surface area contributed by atoms with Crippen LogP contribution < -0.4 is 5.32 Å². The summed E-state index contributed by atoms with van der Waals surface area (Å²) in [5.74, 6) is 0.412. The Balaban J connectivity index is 1.58. The van der Waals surface area contributed by atoms with Crippen molar-refractivity contribution in [2.75, 3.05) is 25.0 Å². The highest BCUT2D eigenvalue weighted by Gasteiger charge is 2.35. The van der Waals surface area contributed by atoms with Gasteiger partial charge in [0, 0.05) is 30.9 Å². The fourth-order valence-corrected chi connectivity index (χ4v) is 6.47. The maximum atomic E-state index is 13.4. The van der Waals surface area contributed by atoms with Gasteiger partial charge in [-0.25, -0.2) is 8.42 Å². The van der Waals surface area contributed by atoms with Gasteiger partial charge in [0.2, 0.25) is 15.9 Å². The van der Waals surface area contributed by atoms with Crippen molar-refractivity contribution in [3.8, 4) is 0 Å². The second kappa shape index (κ2) is 10.8. The molecule has 0 aliphatic carbocycles. The molecule has 1 aliphatic rings. The van der Waals surface area contributed by atoms with Gasteiger partial charge in [0.25, 0.3) is 0 Å². The highest BCUT2D eigenvalue weighted by atomic mass is 32.2. The lowest BCUT2D eigenvalue weighted by atomic mass is 10.0. The van der Waals surface area contributed by atoms with Crippen molar-refractivity contribution in [3.63, 3.8) is 0 Å². The second-order valence-corrected chi connectivity index (χ2v) is 11.4. The summed E-state index contributed by atoms with van der Waals surface area (Å²) >= 11 is 0. The number of anilines is 1. The van der Waals surface area contributed by atoms with Gasteiger partial charge in [-0.15, -0.1) is 0 Å². The monoisotopic (exact) mass is 471 g/mol. The molecular formula is C26H37N3O3S. The Morgan fingerprint density at radius 2 is 1.70 bits per heavy atom. The molecule has 6 nitrogen and oxygen atoms in total. The first-order valence-corrected chi connectivity index (χ1v) is 13.2. The van der Waals surface area contributed by atoms with Crippen LogP contribution in [0.5, 0.6) is 0 Å². The van der Waals surface area contributed by atoms with Gasteiger partial charge >= 0.3 is 0 Å². The number of likely N-dealkylation sites (tertiary alicyclic amines) is 1. The third-order valence-corrected chi connectivity index (χ3v) is 8.34. The highest BCUT2D eigenvalue weighted by molar-refractivity contribution is 7.89. The number of rotatable bonds is 8. The van der Waals surface area contributed by atoms with E-state index >= 15 is 0 Å². The van der Waals surface area contributed by atoms with Gasteiger partial charge in [-0.1, -0.05) is 38.1 Å². The van der Waals surface area contributed by atoms with Crippen LogP contribution in [0.1, 0.15) is 57.6 Å². The molecule has 0 aromatic heterocycles. The lowest BCUT2D eigenvalue weighted by molar-refractivity contribution is -0.117. The smallest absolute Gasteiger partial charge is 0.243 e. The Labute approximate surface area is 199 Å². The van der Waals surface area contributed by atoms with Crippen LogP contribution >= 0.6 is 0 Å². The van der Waals surface area contributed by atoms with Crippen LogP contribution in [0.4, 0.5) is 5.69 Å². The van der Waals surface area contributed by atoms with Gasteiger partial charge in [0.05, 0.1) is 11.4 Å². The predicted molar refractivity (Wildman–Crippen MR) is 134 cm³/mol. The Bertz CT molecular complexity index is 1040. The molecule has 1 fully saturated rings. The molecule has 0 atom stereocenters. The molecule has 180 valence electrons. The summed E-state index contributed by atoms with van der Waals surface area (Å²) in [6, 6.07) is 14.9. The first-order chi connectivity index (χ1) is 15.6. The van der Waals surface area contributed by atoms with E-state index in [2.05, 4.69) is 24.1 Å². The number of nitrogens with zero attached hydrogens (tertiary/aromatic N) is 2. The van der Waals surface area contributed by atoms with Gasteiger partial charge < -0.3 is 5.32 Å². The molecule has 3 rings (SSSR count). The molecule has 2 aromatic rings. The van der Waals surface area contributed by atoms with Crippen molar-refractivity contribution in [2.24, 2.45) is 0 Å². The molecule has 0 radical (unpaired) electrons. The van der Waals surface area contributed by atoms with Crippen LogP contribution in [0.2, 0.25) is 0 Å². The molecule has 0 bridgehead atoms. The zero-order valence-corrected chi connectivity index (χ0v) is 21.2. The molecule has 1 N–H and O–H groups in total. The van der Waals surface area contributed by atoms with Crippen molar-refractivity contribution in [1.82, 2.24) is 9.21 Å². The van der Waals surface area contributed by atoms with E-state index in [1.165, 1.54) is 5.56 Å². The quantitative estimate of drug-likeness (QED) is 0.610. The second-order valence-electron chi connectivity index (χ2n) is 9.58. The van der Waals surface area contributed by atoms with E-state index in [1.54, 1.807) is 22.5 Å². The third-order valence-electron chi connectivity index (χ3n) is 6.22. The number of benzene rings is 2. The number of amides is 1. The minimum atomic E-state index is -3.58. The zero-order valence-electron chi connectivity index (χ0n) is 20.4. The minimum absolute atomic E-state index is 0.0427. The topological polar surface area (TPSA) is 69.7 Å². The molecule has 1 aliphatic heterocycles. The molecule has 7 heteroatoms. The lowest BCUT2D eigenvalue weighted by Gasteiger charge is -2.39. The molecular weight excluding hydrogens is 434 g/mol. The summed E-state index contributed by atoms with van der Waals surface area (Å²) in [6.07, 6.45) is 1.42. The van der Waals surface area contributed by atoms with Crippen molar-refractivity contribution < 1.29 is 13.2 Å². The summed E-state index contributed by atoms with van der Waals surface area (Å²) in [6.45, 7) is 11.7.